The molecule has 140 valence electrons. The highest BCUT2D eigenvalue weighted by molar-refractivity contribution is 9.10. The van der Waals surface area contributed by atoms with Gasteiger partial charge in [0.15, 0.2) is 5.82 Å². The molecule has 2 rings (SSSR count). The minimum absolute atomic E-state index is 0.0267. The van der Waals surface area contributed by atoms with E-state index in [-0.39, 0.29) is 29.5 Å². The van der Waals surface area contributed by atoms with Crippen molar-refractivity contribution in [3.8, 4) is 5.75 Å². The summed E-state index contributed by atoms with van der Waals surface area (Å²) in [5, 5.41) is 8.81. The smallest absolute Gasteiger partial charge is 0.303 e. The average Bonchev–Trinajstić information content (AvgIpc) is 2.60. The molecule has 0 saturated carbocycles. The van der Waals surface area contributed by atoms with Gasteiger partial charge in [0.05, 0.1) is 17.3 Å². The molecule has 0 atom stereocenters. The first kappa shape index (κ1) is 20.2. The molecular weight excluding hydrogens is 429 g/mol. The van der Waals surface area contributed by atoms with E-state index in [9.17, 15) is 17.6 Å². The Morgan fingerprint density at radius 3 is 2.46 bits per heavy atom. The Morgan fingerprint density at radius 1 is 1.23 bits per heavy atom. The van der Waals surface area contributed by atoms with E-state index in [4.69, 9.17) is 9.84 Å². The molecule has 0 heterocycles. The molecule has 0 spiro atoms. The third-order valence-electron chi connectivity index (χ3n) is 3.60. The van der Waals surface area contributed by atoms with Gasteiger partial charge in [0.25, 0.3) is 10.0 Å². The molecule has 0 aliphatic rings. The molecule has 6 nitrogen and oxygen atoms in total. The number of benzene rings is 2. The molecule has 2 aromatic rings. The third-order valence-corrected chi connectivity index (χ3v) is 6.05. The highest BCUT2D eigenvalue weighted by Crippen LogP contribution is 2.30. The molecule has 0 amide bonds. The first-order valence-electron chi connectivity index (χ1n) is 7.60. The number of anilines is 1. The summed E-state index contributed by atoms with van der Waals surface area (Å²) in [7, 11) is -2.75. The van der Waals surface area contributed by atoms with Crippen LogP contribution in [0.3, 0.4) is 0 Å². The Morgan fingerprint density at radius 2 is 1.88 bits per heavy atom. The van der Waals surface area contributed by atoms with Gasteiger partial charge in [-0.05, 0) is 58.7 Å². The number of hydrogen-bond donors (Lipinski definition) is 1. The van der Waals surface area contributed by atoms with Crippen LogP contribution in [0, 0.1) is 5.82 Å². The molecule has 9 heteroatoms. The van der Waals surface area contributed by atoms with Crippen molar-refractivity contribution in [2.24, 2.45) is 0 Å². The van der Waals surface area contributed by atoms with Crippen molar-refractivity contribution in [3.05, 3.63) is 52.8 Å². The summed E-state index contributed by atoms with van der Waals surface area (Å²) >= 11 is 2.98. The molecule has 0 aliphatic carbocycles. The van der Waals surface area contributed by atoms with Gasteiger partial charge in [-0.15, -0.1) is 0 Å². The number of rotatable bonds is 8. The van der Waals surface area contributed by atoms with Crippen LogP contribution in [-0.2, 0) is 14.8 Å². The Hall–Kier alpha value is -2.13. The fourth-order valence-electron chi connectivity index (χ4n) is 2.31. The Bertz CT molecular complexity index is 887. The van der Waals surface area contributed by atoms with Gasteiger partial charge in [-0.3, -0.25) is 9.10 Å². The maximum absolute atomic E-state index is 14.4. The van der Waals surface area contributed by atoms with E-state index in [0.29, 0.717) is 5.75 Å². The van der Waals surface area contributed by atoms with Crippen LogP contribution in [-0.4, -0.2) is 33.1 Å². The lowest BCUT2D eigenvalue weighted by molar-refractivity contribution is -0.137. The highest BCUT2D eigenvalue weighted by Gasteiger charge is 2.28. The van der Waals surface area contributed by atoms with Crippen LogP contribution in [0.25, 0.3) is 0 Å². The number of carbonyl (C=O) groups is 1. The first-order valence-corrected chi connectivity index (χ1v) is 9.83. The topological polar surface area (TPSA) is 83.9 Å². The predicted molar refractivity (Wildman–Crippen MR) is 98.5 cm³/mol. The predicted octanol–water partition coefficient (Wildman–Crippen LogP) is 3.66. The standard InChI is InChI=1S/C17H17BrFNO5S/c1-25-13-9-7-12(8-10-13)20(11-3-6-16(21)22)26(23,24)15-5-2-4-14(18)17(15)19/h2,4-5,7-10H,3,6,11H2,1H3,(H,21,22). The number of methoxy groups -OCH3 is 1. The lowest BCUT2D eigenvalue weighted by Crippen LogP contribution is -2.33. The van der Waals surface area contributed by atoms with E-state index in [1.807, 2.05) is 0 Å². The zero-order valence-corrected chi connectivity index (χ0v) is 16.3. The van der Waals surface area contributed by atoms with Gasteiger partial charge in [0, 0.05) is 13.0 Å². The fraction of sp³-hybridized carbons (Fsp3) is 0.235. The normalized spacial score (nSPS) is 11.2. The molecule has 0 aliphatic heterocycles. The summed E-state index contributed by atoms with van der Waals surface area (Å²) in [5.74, 6) is -1.40. The van der Waals surface area contributed by atoms with Crippen LogP contribution in [0.1, 0.15) is 12.8 Å². The summed E-state index contributed by atoms with van der Waals surface area (Å²) < 4.78 is 46.5. The van der Waals surface area contributed by atoms with Crippen molar-refractivity contribution in [1.82, 2.24) is 0 Å². The lowest BCUT2D eigenvalue weighted by atomic mass is 10.2. The minimum Gasteiger partial charge on any atom is -0.497 e. The Labute approximate surface area is 159 Å². The van der Waals surface area contributed by atoms with Crippen molar-refractivity contribution in [3.63, 3.8) is 0 Å². The molecule has 0 aromatic heterocycles. The number of sulfonamides is 1. The van der Waals surface area contributed by atoms with Crippen LogP contribution in [0.4, 0.5) is 10.1 Å². The number of carboxylic acids is 1. The van der Waals surface area contributed by atoms with Crippen LogP contribution in [0.5, 0.6) is 5.75 Å². The maximum Gasteiger partial charge on any atom is 0.303 e. The maximum atomic E-state index is 14.4. The molecule has 0 radical (unpaired) electrons. The molecule has 0 bridgehead atoms. The van der Waals surface area contributed by atoms with Gasteiger partial charge >= 0.3 is 5.97 Å². The summed E-state index contributed by atoms with van der Waals surface area (Å²) in [4.78, 5) is 10.3. The Kier molecular flexibility index (Phi) is 6.60. The van der Waals surface area contributed by atoms with Gasteiger partial charge in [-0.1, -0.05) is 6.07 Å². The van der Waals surface area contributed by atoms with Crippen molar-refractivity contribution in [1.29, 1.82) is 0 Å². The molecule has 2 aromatic carbocycles. The summed E-state index contributed by atoms with van der Waals surface area (Å²) in [6, 6.07) is 10.2. The van der Waals surface area contributed by atoms with E-state index in [2.05, 4.69) is 15.9 Å². The van der Waals surface area contributed by atoms with Crippen molar-refractivity contribution >= 4 is 37.6 Å². The van der Waals surface area contributed by atoms with E-state index in [0.717, 1.165) is 4.31 Å². The number of ether oxygens (including phenoxy) is 1. The second-order valence-corrected chi connectivity index (χ2v) is 8.01. The van der Waals surface area contributed by atoms with Crippen LogP contribution >= 0.6 is 15.9 Å². The molecule has 26 heavy (non-hydrogen) atoms. The molecule has 0 saturated heterocycles. The van der Waals surface area contributed by atoms with Gasteiger partial charge in [-0.2, -0.15) is 0 Å². The zero-order valence-electron chi connectivity index (χ0n) is 13.9. The summed E-state index contributed by atoms with van der Waals surface area (Å²) in [6.45, 7) is -0.104. The SMILES string of the molecule is COc1ccc(N(CCCC(=O)O)S(=O)(=O)c2cccc(Br)c2F)cc1. The van der Waals surface area contributed by atoms with Crippen LogP contribution in [0.15, 0.2) is 51.8 Å². The first-order chi connectivity index (χ1) is 12.3. The second-order valence-electron chi connectivity index (χ2n) is 5.32. The minimum atomic E-state index is -4.23. The van der Waals surface area contributed by atoms with Gasteiger partial charge < -0.3 is 9.84 Å². The fourth-order valence-corrected chi connectivity index (χ4v) is 4.40. The van der Waals surface area contributed by atoms with E-state index in [1.54, 1.807) is 12.1 Å². The molecule has 0 fully saturated rings. The van der Waals surface area contributed by atoms with Gasteiger partial charge in [0.2, 0.25) is 0 Å². The molecular formula is C17H17BrFNO5S. The van der Waals surface area contributed by atoms with Gasteiger partial charge in [0.1, 0.15) is 10.6 Å². The number of halogens is 2. The lowest BCUT2D eigenvalue weighted by Gasteiger charge is -2.25. The van der Waals surface area contributed by atoms with Crippen molar-refractivity contribution in [2.45, 2.75) is 17.7 Å². The number of hydrogen-bond acceptors (Lipinski definition) is 4. The summed E-state index contributed by atoms with van der Waals surface area (Å²) in [5.41, 5.74) is 0.288. The van der Waals surface area contributed by atoms with Crippen molar-refractivity contribution in [2.75, 3.05) is 18.0 Å². The number of nitrogens with zero attached hydrogens (tertiary/aromatic N) is 1. The third kappa shape index (κ3) is 4.53. The van der Waals surface area contributed by atoms with E-state index in [1.165, 1.54) is 37.4 Å². The number of carboxylic acid groups (broad SMARTS) is 1. The largest absolute Gasteiger partial charge is 0.497 e. The second kappa shape index (κ2) is 8.50. The van der Waals surface area contributed by atoms with Gasteiger partial charge in [-0.25, -0.2) is 12.8 Å². The number of aliphatic carboxylic acids is 1. The van der Waals surface area contributed by atoms with E-state index >= 15 is 0 Å². The van der Waals surface area contributed by atoms with Crippen LogP contribution < -0.4 is 9.04 Å². The molecule has 0 unspecified atom stereocenters. The average molecular weight is 446 g/mol. The quantitative estimate of drug-likeness (QED) is 0.669. The Balaban J connectivity index is 2.46. The van der Waals surface area contributed by atoms with Crippen molar-refractivity contribution < 1.29 is 27.4 Å². The monoisotopic (exact) mass is 445 g/mol. The summed E-state index contributed by atoms with van der Waals surface area (Å²) in [6.07, 6.45) is -0.126. The molecule has 1 N–H and O–H groups in total. The van der Waals surface area contributed by atoms with E-state index < -0.39 is 26.7 Å². The zero-order chi connectivity index (χ0) is 19.3. The highest BCUT2D eigenvalue weighted by atomic mass is 79.9. The van der Waals surface area contributed by atoms with Crippen LogP contribution in [0.2, 0.25) is 0 Å².